The molecule has 0 radical (unpaired) electrons. The van der Waals surface area contributed by atoms with E-state index >= 15 is 0 Å². The van der Waals surface area contributed by atoms with Crippen molar-refractivity contribution in [3.63, 3.8) is 0 Å². The fourth-order valence-corrected chi connectivity index (χ4v) is 1.71. The topological polar surface area (TPSA) is 29.5 Å². The van der Waals surface area contributed by atoms with Crippen LogP contribution >= 0.6 is 0 Å². The number of rotatable bonds is 3. The van der Waals surface area contributed by atoms with Crippen LogP contribution in [0.3, 0.4) is 0 Å². The van der Waals surface area contributed by atoms with Crippen molar-refractivity contribution in [1.82, 2.24) is 4.90 Å². The fourth-order valence-electron chi connectivity index (χ4n) is 1.71. The summed E-state index contributed by atoms with van der Waals surface area (Å²) >= 11 is 0. The summed E-state index contributed by atoms with van der Waals surface area (Å²) in [5.74, 6) is 0.238. The summed E-state index contributed by atoms with van der Waals surface area (Å²) in [7, 11) is 1.63. The largest absolute Gasteiger partial charge is 0.384 e. The molecule has 0 aliphatic carbocycles. The minimum atomic E-state index is 0.238. The van der Waals surface area contributed by atoms with Gasteiger partial charge in [0.05, 0.1) is 13.0 Å². The second-order valence-electron chi connectivity index (χ2n) is 4.79. The third kappa shape index (κ3) is 3.29. The molecule has 0 N–H and O–H groups in total. The van der Waals surface area contributed by atoms with Crippen molar-refractivity contribution in [3.8, 4) is 0 Å². The van der Waals surface area contributed by atoms with Crippen LogP contribution in [0.5, 0.6) is 0 Å². The summed E-state index contributed by atoms with van der Waals surface area (Å²) in [6, 6.07) is 0. The summed E-state index contributed by atoms with van der Waals surface area (Å²) in [5, 5.41) is 0. The Labute approximate surface area is 86.4 Å². The molecule has 0 unspecified atom stereocenters. The highest BCUT2D eigenvalue weighted by Gasteiger charge is 2.27. The zero-order chi connectivity index (χ0) is 10.6. The molecule has 0 aromatic carbocycles. The lowest BCUT2D eigenvalue weighted by atomic mass is 9.82. The van der Waals surface area contributed by atoms with Gasteiger partial charge in [-0.3, -0.25) is 4.79 Å². The predicted octanol–water partition coefficient (Wildman–Crippen LogP) is 1.67. The summed E-state index contributed by atoms with van der Waals surface area (Å²) in [4.78, 5) is 13.6. The number of amides is 1. The van der Waals surface area contributed by atoms with Gasteiger partial charge in [-0.2, -0.15) is 0 Å². The van der Waals surface area contributed by atoms with Gasteiger partial charge in [0.1, 0.15) is 0 Å². The minimum Gasteiger partial charge on any atom is -0.384 e. The van der Waals surface area contributed by atoms with Crippen LogP contribution in [0.2, 0.25) is 0 Å². The molecular weight excluding hydrogens is 178 g/mol. The van der Waals surface area contributed by atoms with E-state index in [0.717, 1.165) is 25.9 Å². The Kier molecular flexibility index (Phi) is 3.93. The predicted molar refractivity (Wildman–Crippen MR) is 56.1 cm³/mol. The molecule has 0 atom stereocenters. The van der Waals surface area contributed by atoms with E-state index < -0.39 is 0 Å². The number of methoxy groups -OCH3 is 1. The SMILES string of the molecule is COCCC(=O)N1CCC(C)(C)CC1. The molecule has 0 spiro atoms. The normalized spacial score (nSPS) is 20.9. The number of hydrogen-bond acceptors (Lipinski definition) is 2. The molecular formula is C11H21NO2. The Morgan fingerprint density at radius 3 is 2.43 bits per heavy atom. The Bertz CT molecular complexity index is 191. The van der Waals surface area contributed by atoms with Gasteiger partial charge in [-0.25, -0.2) is 0 Å². The maximum absolute atomic E-state index is 11.6. The van der Waals surface area contributed by atoms with Crippen molar-refractivity contribution in [2.24, 2.45) is 5.41 Å². The molecule has 0 aromatic heterocycles. The van der Waals surface area contributed by atoms with Crippen LogP contribution in [0.25, 0.3) is 0 Å². The van der Waals surface area contributed by atoms with Gasteiger partial charge < -0.3 is 9.64 Å². The molecule has 3 nitrogen and oxygen atoms in total. The molecule has 14 heavy (non-hydrogen) atoms. The van der Waals surface area contributed by atoms with Crippen LogP contribution in [-0.4, -0.2) is 37.6 Å². The molecule has 82 valence electrons. The van der Waals surface area contributed by atoms with Gasteiger partial charge >= 0.3 is 0 Å². The zero-order valence-corrected chi connectivity index (χ0v) is 9.51. The number of likely N-dealkylation sites (tertiary alicyclic amines) is 1. The minimum absolute atomic E-state index is 0.238. The van der Waals surface area contributed by atoms with Gasteiger partial charge in [0.25, 0.3) is 0 Å². The highest BCUT2D eigenvalue weighted by Crippen LogP contribution is 2.29. The smallest absolute Gasteiger partial charge is 0.224 e. The molecule has 1 rings (SSSR count). The molecule has 1 amide bonds. The molecule has 0 bridgehead atoms. The summed E-state index contributed by atoms with van der Waals surface area (Å²) in [5.41, 5.74) is 0.415. The number of carbonyl (C=O) groups excluding carboxylic acids is 1. The van der Waals surface area contributed by atoms with Crippen molar-refractivity contribution in [2.45, 2.75) is 33.1 Å². The van der Waals surface area contributed by atoms with Crippen LogP contribution < -0.4 is 0 Å². The Morgan fingerprint density at radius 2 is 1.93 bits per heavy atom. The summed E-state index contributed by atoms with van der Waals surface area (Å²) < 4.78 is 4.90. The van der Waals surface area contributed by atoms with E-state index in [1.807, 2.05) is 4.90 Å². The number of hydrogen-bond donors (Lipinski definition) is 0. The third-order valence-corrected chi connectivity index (χ3v) is 2.99. The summed E-state index contributed by atoms with van der Waals surface area (Å²) in [6.07, 6.45) is 2.76. The van der Waals surface area contributed by atoms with Crippen molar-refractivity contribution < 1.29 is 9.53 Å². The average Bonchev–Trinajstić information content (AvgIpc) is 2.14. The average molecular weight is 199 g/mol. The number of ether oxygens (including phenoxy) is 1. The monoisotopic (exact) mass is 199 g/mol. The van der Waals surface area contributed by atoms with Gasteiger partial charge in [-0.1, -0.05) is 13.8 Å². The first kappa shape index (κ1) is 11.5. The first-order valence-electron chi connectivity index (χ1n) is 5.32. The fraction of sp³-hybridized carbons (Fsp3) is 0.909. The van der Waals surface area contributed by atoms with E-state index in [-0.39, 0.29) is 5.91 Å². The molecule has 0 saturated carbocycles. The lowest BCUT2D eigenvalue weighted by Crippen LogP contribution is -2.41. The van der Waals surface area contributed by atoms with Crippen molar-refractivity contribution in [3.05, 3.63) is 0 Å². The number of carbonyl (C=O) groups is 1. The van der Waals surface area contributed by atoms with E-state index in [1.54, 1.807) is 7.11 Å². The van der Waals surface area contributed by atoms with Crippen molar-refractivity contribution in [1.29, 1.82) is 0 Å². The molecule has 1 saturated heterocycles. The lowest BCUT2D eigenvalue weighted by molar-refractivity contribution is -0.134. The van der Waals surface area contributed by atoms with E-state index in [2.05, 4.69) is 13.8 Å². The van der Waals surface area contributed by atoms with Crippen LogP contribution in [0.15, 0.2) is 0 Å². The van der Waals surface area contributed by atoms with E-state index in [1.165, 1.54) is 0 Å². The first-order chi connectivity index (χ1) is 6.55. The maximum atomic E-state index is 11.6. The standard InChI is InChI=1S/C11H21NO2/c1-11(2)5-7-12(8-6-11)10(13)4-9-14-3/h4-9H2,1-3H3. The van der Waals surface area contributed by atoms with Gasteiger partial charge in [0.2, 0.25) is 5.91 Å². The molecule has 1 aliphatic rings. The summed E-state index contributed by atoms with van der Waals surface area (Å²) in [6.45, 7) is 6.90. The Balaban J connectivity index is 2.30. The van der Waals surface area contributed by atoms with Crippen LogP contribution in [0.1, 0.15) is 33.1 Å². The van der Waals surface area contributed by atoms with Crippen LogP contribution in [0.4, 0.5) is 0 Å². The van der Waals surface area contributed by atoms with Gasteiger partial charge in [0, 0.05) is 20.2 Å². The Hall–Kier alpha value is -0.570. The highest BCUT2D eigenvalue weighted by atomic mass is 16.5. The lowest BCUT2D eigenvalue weighted by Gasteiger charge is -2.36. The van der Waals surface area contributed by atoms with Crippen molar-refractivity contribution >= 4 is 5.91 Å². The zero-order valence-electron chi connectivity index (χ0n) is 9.51. The van der Waals surface area contributed by atoms with Gasteiger partial charge in [-0.05, 0) is 18.3 Å². The van der Waals surface area contributed by atoms with E-state index in [9.17, 15) is 4.79 Å². The molecule has 1 heterocycles. The van der Waals surface area contributed by atoms with Gasteiger partial charge in [0.15, 0.2) is 0 Å². The van der Waals surface area contributed by atoms with E-state index in [0.29, 0.717) is 18.4 Å². The number of piperidine rings is 1. The van der Waals surface area contributed by atoms with Gasteiger partial charge in [-0.15, -0.1) is 0 Å². The second-order valence-corrected chi connectivity index (χ2v) is 4.79. The van der Waals surface area contributed by atoms with Crippen molar-refractivity contribution in [2.75, 3.05) is 26.8 Å². The van der Waals surface area contributed by atoms with Crippen LogP contribution in [0, 0.1) is 5.41 Å². The quantitative estimate of drug-likeness (QED) is 0.692. The number of nitrogens with zero attached hydrogens (tertiary/aromatic N) is 1. The van der Waals surface area contributed by atoms with Crippen LogP contribution in [-0.2, 0) is 9.53 Å². The third-order valence-electron chi connectivity index (χ3n) is 2.99. The Morgan fingerprint density at radius 1 is 1.36 bits per heavy atom. The molecule has 1 fully saturated rings. The first-order valence-corrected chi connectivity index (χ1v) is 5.32. The molecule has 1 aliphatic heterocycles. The molecule has 0 aromatic rings. The molecule has 3 heteroatoms. The van der Waals surface area contributed by atoms with E-state index in [4.69, 9.17) is 4.74 Å². The second kappa shape index (κ2) is 4.78. The highest BCUT2D eigenvalue weighted by molar-refractivity contribution is 5.76. The maximum Gasteiger partial charge on any atom is 0.224 e.